The second kappa shape index (κ2) is 7.19. The highest BCUT2D eigenvalue weighted by Crippen LogP contribution is 2.22. The lowest BCUT2D eigenvalue weighted by molar-refractivity contribution is 0.211. The van der Waals surface area contributed by atoms with Gasteiger partial charge in [-0.25, -0.2) is 4.98 Å². The predicted octanol–water partition coefficient (Wildman–Crippen LogP) is 3.44. The molecule has 0 amide bonds. The van der Waals surface area contributed by atoms with Crippen molar-refractivity contribution >= 4 is 11.5 Å². The summed E-state index contributed by atoms with van der Waals surface area (Å²) >= 11 is 0. The van der Waals surface area contributed by atoms with E-state index in [1.54, 1.807) is 6.07 Å². The molecule has 0 bridgehead atoms. The van der Waals surface area contributed by atoms with Crippen LogP contribution in [0.5, 0.6) is 5.75 Å². The largest absolute Gasteiger partial charge is 0.508 e. The van der Waals surface area contributed by atoms with Gasteiger partial charge >= 0.3 is 0 Å². The fourth-order valence-corrected chi connectivity index (χ4v) is 3.81. The van der Waals surface area contributed by atoms with E-state index in [2.05, 4.69) is 39.4 Å². The van der Waals surface area contributed by atoms with E-state index >= 15 is 0 Å². The third-order valence-electron chi connectivity index (χ3n) is 5.44. The van der Waals surface area contributed by atoms with Gasteiger partial charge in [0.15, 0.2) is 5.65 Å². The zero-order valence-electron chi connectivity index (χ0n) is 16.2. The molecule has 3 heterocycles. The van der Waals surface area contributed by atoms with E-state index in [9.17, 15) is 5.11 Å². The zero-order valence-corrected chi connectivity index (χ0v) is 16.2. The van der Waals surface area contributed by atoms with E-state index in [0.29, 0.717) is 11.8 Å². The standard InChI is InChI=1S/C21H27N5O/c1-14-11-20(26-21(22-14)15(2)16(3)24-26)23-18-7-9-25(10-8-18)13-17-5-4-6-19(27)12-17/h4-6,11-12,18,23,27H,7-10,13H2,1-3H3. The minimum absolute atomic E-state index is 0.339. The summed E-state index contributed by atoms with van der Waals surface area (Å²) in [6.45, 7) is 9.11. The van der Waals surface area contributed by atoms with Gasteiger partial charge in [-0.3, -0.25) is 4.90 Å². The van der Waals surface area contributed by atoms with Crippen molar-refractivity contribution in [3.8, 4) is 5.75 Å². The molecule has 6 nitrogen and oxygen atoms in total. The van der Waals surface area contributed by atoms with Gasteiger partial charge in [-0.1, -0.05) is 12.1 Å². The van der Waals surface area contributed by atoms with Crippen LogP contribution in [0.3, 0.4) is 0 Å². The highest BCUT2D eigenvalue weighted by atomic mass is 16.3. The summed E-state index contributed by atoms with van der Waals surface area (Å²) in [7, 11) is 0. The van der Waals surface area contributed by atoms with E-state index < -0.39 is 0 Å². The van der Waals surface area contributed by atoms with Gasteiger partial charge in [0.05, 0.1) is 5.69 Å². The Labute approximate surface area is 159 Å². The summed E-state index contributed by atoms with van der Waals surface area (Å²) in [5.41, 5.74) is 5.28. The van der Waals surface area contributed by atoms with Gasteiger partial charge < -0.3 is 10.4 Å². The van der Waals surface area contributed by atoms with Gasteiger partial charge in [-0.05, 0) is 51.3 Å². The van der Waals surface area contributed by atoms with Gasteiger partial charge in [0, 0.05) is 43.0 Å². The summed E-state index contributed by atoms with van der Waals surface area (Å²) in [5, 5.41) is 18.0. The number of nitrogens with one attached hydrogen (secondary N) is 1. The van der Waals surface area contributed by atoms with E-state index in [1.807, 2.05) is 30.5 Å². The average Bonchev–Trinajstić information content (AvgIpc) is 2.92. The van der Waals surface area contributed by atoms with Crippen molar-refractivity contribution in [2.24, 2.45) is 0 Å². The monoisotopic (exact) mass is 365 g/mol. The molecule has 1 aromatic carbocycles. The maximum atomic E-state index is 9.64. The number of hydrogen-bond acceptors (Lipinski definition) is 5. The van der Waals surface area contributed by atoms with Crippen LogP contribution in [-0.2, 0) is 6.54 Å². The third-order valence-corrected chi connectivity index (χ3v) is 5.44. The van der Waals surface area contributed by atoms with Crippen LogP contribution in [0.2, 0.25) is 0 Å². The first kappa shape index (κ1) is 17.8. The molecule has 1 fully saturated rings. The Morgan fingerprint density at radius 2 is 1.93 bits per heavy atom. The van der Waals surface area contributed by atoms with Crippen molar-refractivity contribution in [1.29, 1.82) is 0 Å². The van der Waals surface area contributed by atoms with Crippen molar-refractivity contribution in [2.75, 3.05) is 18.4 Å². The van der Waals surface area contributed by atoms with Crippen LogP contribution in [0.4, 0.5) is 5.82 Å². The molecule has 4 rings (SSSR count). The van der Waals surface area contributed by atoms with E-state index in [0.717, 1.165) is 66.5 Å². The van der Waals surface area contributed by atoms with Crippen molar-refractivity contribution in [3.05, 3.63) is 52.8 Å². The second-order valence-corrected chi connectivity index (χ2v) is 7.59. The number of phenolic OH excluding ortho intramolecular Hbond substituents is 1. The fourth-order valence-electron chi connectivity index (χ4n) is 3.81. The Morgan fingerprint density at radius 3 is 2.67 bits per heavy atom. The number of nitrogens with zero attached hydrogens (tertiary/aromatic N) is 4. The molecule has 3 aromatic rings. The number of rotatable bonds is 4. The lowest BCUT2D eigenvalue weighted by Crippen LogP contribution is -2.39. The van der Waals surface area contributed by atoms with Crippen LogP contribution in [0.1, 0.15) is 35.4 Å². The lowest BCUT2D eigenvalue weighted by atomic mass is 10.0. The van der Waals surface area contributed by atoms with Crippen LogP contribution in [0, 0.1) is 20.8 Å². The molecule has 1 aliphatic heterocycles. The van der Waals surface area contributed by atoms with Crippen molar-refractivity contribution in [1.82, 2.24) is 19.5 Å². The minimum atomic E-state index is 0.339. The Bertz CT molecular complexity index is 957. The van der Waals surface area contributed by atoms with Gasteiger partial charge in [-0.15, -0.1) is 0 Å². The number of likely N-dealkylation sites (tertiary alicyclic amines) is 1. The molecule has 6 heteroatoms. The van der Waals surface area contributed by atoms with Crippen molar-refractivity contribution < 1.29 is 5.11 Å². The maximum Gasteiger partial charge on any atom is 0.160 e. The molecular weight excluding hydrogens is 338 g/mol. The smallest absolute Gasteiger partial charge is 0.160 e. The fraction of sp³-hybridized carbons (Fsp3) is 0.429. The average molecular weight is 365 g/mol. The predicted molar refractivity (Wildman–Crippen MR) is 107 cm³/mol. The minimum Gasteiger partial charge on any atom is -0.508 e. The van der Waals surface area contributed by atoms with Crippen molar-refractivity contribution in [3.63, 3.8) is 0 Å². The van der Waals surface area contributed by atoms with E-state index in [1.165, 1.54) is 0 Å². The van der Waals surface area contributed by atoms with Gasteiger partial charge in [-0.2, -0.15) is 9.61 Å². The first-order chi connectivity index (χ1) is 13.0. The molecule has 0 aliphatic carbocycles. The molecule has 0 spiro atoms. The molecular formula is C21H27N5O. The Morgan fingerprint density at radius 1 is 1.15 bits per heavy atom. The number of piperidine rings is 1. The molecule has 27 heavy (non-hydrogen) atoms. The van der Waals surface area contributed by atoms with Crippen molar-refractivity contribution in [2.45, 2.75) is 46.2 Å². The maximum absolute atomic E-state index is 9.64. The molecule has 0 saturated carbocycles. The number of aromatic nitrogens is 3. The Hall–Kier alpha value is -2.60. The molecule has 1 aliphatic rings. The zero-order chi connectivity index (χ0) is 19.0. The van der Waals surface area contributed by atoms with Gasteiger partial charge in [0.2, 0.25) is 0 Å². The highest BCUT2D eigenvalue weighted by Gasteiger charge is 2.21. The second-order valence-electron chi connectivity index (χ2n) is 7.59. The first-order valence-corrected chi connectivity index (χ1v) is 9.60. The van der Waals surface area contributed by atoms with Gasteiger partial charge in [0.25, 0.3) is 0 Å². The quantitative estimate of drug-likeness (QED) is 0.741. The molecule has 1 saturated heterocycles. The summed E-state index contributed by atoms with van der Waals surface area (Å²) in [6.07, 6.45) is 2.17. The summed E-state index contributed by atoms with van der Waals surface area (Å²) in [4.78, 5) is 7.09. The molecule has 2 aromatic heterocycles. The summed E-state index contributed by atoms with van der Waals surface area (Å²) < 4.78 is 1.94. The van der Waals surface area contributed by atoms with Crippen LogP contribution >= 0.6 is 0 Å². The SMILES string of the molecule is Cc1cc(NC2CCN(Cc3cccc(O)c3)CC2)n2nc(C)c(C)c2n1. The highest BCUT2D eigenvalue weighted by molar-refractivity contribution is 5.56. The summed E-state index contributed by atoms with van der Waals surface area (Å²) in [6, 6.07) is 10.1. The van der Waals surface area contributed by atoms with Crippen LogP contribution in [-0.4, -0.2) is 43.7 Å². The molecule has 142 valence electrons. The number of aromatic hydroxyl groups is 1. The van der Waals surface area contributed by atoms with E-state index in [4.69, 9.17) is 0 Å². The normalized spacial score (nSPS) is 16.1. The molecule has 0 unspecified atom stereocenters. The Kier molecular flexibility index (Phi) is 4.74. The summed E-state index contributed by atoms with van der Waals surface area (Å²) in [5.74, 6) is 1.37. The number of fused-ring (bicyclic) bond motifs is 1. The Balaban J connectivity index is 1.42. The molecule has 2 N–H and O–H groups in total. The number of aryl methyl sites for hydroxylation is 3. The number of phenols is 1. The van der Waals surface area contributed by atoms with Crippen LogP contribution < -0.4 is 5.32 Å². The molecule has 0 radical (unpaired) electrons. The van der Waals surface area contributed by atoms with Crippen LogP contribution in [0.25, 0.3) is 5.65 Å². The number of hydrogen-bond donors (Lipinski definition) is 2. The van der Waals surface area contributed by atoms with Crippen LogP contribution in [0.15, 0.2) is 30.3 Å². The first-order valence-electron chi connectivity index (χ1n) is 9.60. The molecule has 0 atom stereocenters. The third kappa shape index (κ3) is 3.76. The van der Waals surface area contributed by atoms with E-state index in [-0.39, 0.29) is 0 Å². The topological polar surface area (TPSA) is 65.7 Å². The number of benzene rings is 1. The lowest BCUT2D eigenvalue weighted by Gasteiger charge is -2.33. The van der Waals surface area contributed by atoms with Gasteiger partial charge in [0.1, 0.15) is 11.6 Å². The number of anilines is 1.